The Hall–Kier alpha value is -1.93. The van der Waals surface area contributed by atoms with Crippen LogP contribution in [0.2, 0.25) is 0 Å². The Morgan fingerprint density at radius 3 is 3.07 bits per heavy atom. The quantitative estimate of drug-likeness (QED) is 0.423. The molecule has 0 bridgehead atoms. The highest BCUT2D eigenvalue weighted by Gasteiger charge is 2.10. The third-order valence-electron chi connectivity index (χ3n) is 1.45. The Bertz CT molecular complexity index is 393. The average molecular weight is 191 g/mol. The van der Waals surface area contributed by atoms with E-state index >= 15 is 0 Å². The number of nitrogens with two attached hydrogens (primary N) is 1. The summed E-state index contributed by atoms with van der Waals surface area (Å²) in [6.07, 6.45) is 1.89. The van der Waals surface area contributed by atoms with Gasteiger partial charge in [0.05, 0.1) is 0 Å². The van der Waals surface area contributed by atoms with E-state index in [0.717, 1.165) is 0 Å². The number of nitro groups is 1. The fourth-order valence-electron chi connectivity index (χ4n) is 0.870. The summed E-state index contributed by atoms with van der Waals surface area (Å²) in [6, 6.07) is 3.17. The summed E-state index contributed by atoms with van der Waals surface area (Å²) in [5.41, 5.74) is 5.56. The zero-order valence-electron chi connectivity index (χ0n) is 7.43. The van der Waals surface area contributed by atoms with Crippen molar-refractivity contribution in [1.29, 1.82) is 0 Å². The summed E-state index contributed by atoms with van der Waals surface area (Å²) in [6.45, 7) is 0.445. The maximum absolute atomic E-state index is 10.5. The predicted molar refractivity (Wildman–Crippen MR) is 51.4 cm³/mol. The normalized spacial score (nSPS) is 8.93. The second kappa shape index (κ2) is 4.94. The fourth-order valence-corrected chi connectivity index (χ4v) is 0.870. The van der Waals surface area contributed by atoms with Crippen molar-refractivity contribution in [3.05, 3.63) is 34.0 Å². The first-order chi connectivity index (χ1) is 6.75. The summed E-state index contributed by atoms with van der Waals surface area (Å²) < 4.78 is 0. The first kappa shape index (κ1) is 10.2. The van der Waals surface area contributed by atoms with E-state index in [-0.39, 0.29) is 5.82 Å². The van der Waals surface area contributed by atoms with Gasteiger partial charge in [0.1, 0.15) is 11.8 Å². The van der Waals surface area contributed by atoms with Gasteiger partial charge in [-0.2, -0.15) is 0 Å². The van der Waals surface area contributed by atoms with E-state index in [1.807, 2.05) is 0 Å². The van der Waals surface area contributed by atoms with Crippen molar-refractivity contribution in [2.45, 2.75) is 6.42 Å². The molecule has 0 aliphatic heterocycles. The largest absolute Gasteiger partial charge is 0.379 e. The van der Waals surface area contributed by atoms with Crippen LogP contribution in [0.5, 0.6) is 0 Å². The molecule has 0 unspecified atom stereocenters. The van der Waals surface area contributed by atoms with Gasteiger partial charge in [-0.1, -0.05) is 11.8 Å². The third kappa shape index (κ3) is 2.54. The van der Waals surface area contributed by atoms with Gasteiger partial charge in [-0.3, -0.25) is 0 Å². The second-order valence-corrected chi connectivity index (χ2v) is 2.47. The van der Waals surface area contributed by atoms with E-state index in [2.05, 4.69) is 16.8 Å². The molecule has 0 atom stereocenters. The zero-order valence-corrected chi connectivity index (χ0v) is 7.43. The lowest BCUT2D eigenvalue weighted by Crippen LogP contribution is -1.97. The minimum Gasteiger partial charge on any atom is -0.358 e. The molecular formula is C9H9N3O2. The molecule has 1 rings (SSSR count). The highest BCUT2D eigenvalue weighted by molar-refractivity contribution is 5.45. The summed E-state index contributed by atoms with van der Waals surface area (Å²) >= 11 is 0. The van der Waals surface area contributed by atoms with Gasteiger partial charge < -0.3 is 15.8 Å². The minimum atomic E-state index is -0.549. The van der Waals surface area contributed by atoms with Gasteiger partial charge in [0.2, 0.25) is 0 Å². The number of aromatic nitrogens is 1. The topological polar surface area (TPSA) is 82.0 Å². The number of hydrogen-bond donors (Lipinski definition) is 1. The molecule has 0 saturated carbocycles. The zero-order chi connectivity index (χ0) is 10.4. The van der Waals surface area contributed by atoms with E-state index in [0.29, 0.717) is 18.5 Å². The van der Waals surface area contributed by atoms with E-state index in [4.69, 9.17) is 5.73 Å². The van der Waals surface area contributed by atoms with E-state index in [1.54, 1.807) is 12.1 Å². The van der Waals surface area contributed by atoms with Crippen LogP contribution in [0.4, 0.5) is 5.82 Å². The molecule has 5 nitrogen and oxygen atoms in total. The van der Waals surface area contributed by atoms with Crippen molar-refractivity contribution in [1.82, 2.24) is 4.98 Å². The molecule has 14 heavy (non-hydrogen) atoms. The van der Waals surface area contributed by atoms with Crippen molar-refractivity contribution < 1.29 is 4.92 Å². The molecule has 5 heteroatoms. The van der Waals surface area contributed by atoms with Crippen molar-refractivity contribution >= 4 is 5.82 Å². The van der Waals surface area contributed by atoms with Crippen molar-refractivity contribution in [2.24, 2.45) is 5.73 Å². The molecule has 72 valence electrons. The lowest BCUT2D eigenvalue weighted by molar-refractivity contribution is -0.389. The molecule has 0 aromatic carbocycles. The first-order valence-electron chi connectivity index (χ1n) is 4.04. The predicted octanol–water partition coefficient (Wildman–Crippen LogP) is 0.690. The van der Waals surface area contributed by atoms with Gasteiger partial charge in [0.15, 0.2) is 0 Å². The lowest BCUT2D eigenvalue weighted by Gasteiger charge is -1.93. The molecule has 0 spiro atoms. The Morgan fingerprint density at radius 2 is 2.43 bits per heavy atom. The number of hydrogen-bond acceptors (Lipinski definition) is 4. The van der Waals surface area contributed by atoms with Gasteiger partial charge in [-0.15, -0.1) is 0 Å². The Kier molecular flexibility index (Phi) is 3.58. The maximum atomic E-state index is 10.5. The van der Waals surface area contributed by atoms with Gasteiger partial charge in [-0.05, 0) is 22.0 Å². The molecule has 2 N–H and O–H groups in total. The molecular weight excluding hydrogens is 182 g/mol. The maximum Gasteiger partial charge on any atom is 0.379 e. The van der Waals surface area contributed by atoms with Crippen LogP contribution in [0, 0.1) is 22.0 Å². The molecule has 0 saturated heterocycles. The van der Waals surface area contributed by atoms with Crippen molar-refractivity contribution in [3.63, 3.8) is 0 Å². The SMILES string of the molecule is NCCC#Cc1cccnc1[N+](=O)[O-]. The summed E-state index contributed by atoms with van der Waals surface area (Å²) in [4.78, 5) is 13.6. The van der Waals surface area contributed by atoms with E-state index in [1.165, 1.54) is 6.20 Å². The highest BCUT2D eigenvalue weighted by atomic mass is 16.6. The molecule has 0 amide bonds. The third-order valence-corrected chi connectivity index (χ3v) is 1.45. The molecule has 0 radical (unpaired) electrons. The summed E-state index contributed by atoms with van der Waals surface area (Å²) in [5, 5.41) is 10.5. The van der Waals surface area contributed by atoms with Crippen LogP contribution < -0.4 is 5.73 Å². The molecule has 1 aromatic heterocycles. The summed E-state index contributed by atoms with van der Waals surface area (Å²) in [7, 11) is 0. The minimum absolute atomic E-state index is 0.211. The smallest absolute Gasteiger partial charge is 0.358 e. The van der Waals surface area contributed by atoms with Crippen molar-refractivity contribution in [3.8, 4) is 11.8 Å². The van der Waals surface area contributed by atoms with Crippen LogP contribution in [0.25, 0.3) is 0 Å². The van der Waals surface area contributed by atoms with Gasteiger partial charge in [0.25, 0.3) is 0 Å². The van der Waals surface area contributed by atoms with E-state index < -0.39 is 4.92 Å². The molecule has 1 heterocycles. The number of rotatable bonds is 2. The van der Waals surface area contributed by atoms with Crippen LogP contribution in [0.15, 0.2) is 18.3 Å². The monoisotopic (exact) mass is 191 g/mol. The van der Waals surface area contributed by atoms with Crippen molar-refractivity contribution in [2.75, 3.05) is 6.54 Å². The Morgan fingerprint density at radius 1 is 1.64 bits per heavy atom. The van der Waals surface area contributed by atoms with Gasteiger partial charge in [0, 0.05) is 13.0 Å². The second-order valence-electron chi connectivity index (χ2n) is 2.47. The summed E-state index contributed by atoms with van der Waals surface area (Å²) in [5.74, 6) is 5.18. The Labute approximate surface area is 81.1 Å². The average Bonchev–Trinajstić information content (AvgIpc) is 2.19. The van der Waals surface area contributed by atoms with Gasteiger partial charge in [-0.25, -0.2) is 0 Å². The standard InChI is InChI=1S/C9H9N3O2/c10-6-2-1-4-8-5-3-7-11-9(8)12(13)14/h3,5,7H,2,6,10H2. The Balaban J connectivity index is 2.97. The fraction of sp³-hybridized carbons (Fsp3) is 0.222. The molecule has 0 aliphatic rings. The van der Waals surface area contributed by atoms with Crippen LogP contribution in [-0.4, -0.2) is 16.5 Å². The number of nitrogens with zero attached hydrogens (tertiary/aromatic N) is 2. The first-order valence-corrected chi connectivity index (χ1v) is 4.04. The highest BCUT2D eigenvalue weighted by Crippen LogP contribution is 2.11. The van der Waals surface area contributed by atoms with Crippen LogP contribution in [0.3, 0.4) is 0 Å². The van der Waals surface area contributed by atoms with E-state index in [9.17, 15) is 10.1 Å². The molecule has 1 aromatic rings. The van der Waals surface area contributed by atoms with Crippen LogP contribution in [-0.2, 0) is 0 Å². The van der Waals surface area contributed by atoms with Crippen LogP contribution in [0.1, 0.15) is 12.0 Å². The van der Waals surface area contributed by atoms with Gasteiger partial charge >= 0.3 is 5.82 Å². The lowest BCUT2D eigenvalue weighted by atomic mass is 10.2. The molecule has 0 aliphatic carbocycles. The molecule has 0 fully saturated rings. The number of pyridine rings is 1. The van der Waals surface area contributed by atoms with Crippen LogP contribution >= 0.6 is 0 Å².